The molecule has 2 amide bonds. The van der Waals surface area contributed by atoms with Crippen LogP contribution in [0.3, 0.4) is 0 Å². The second kappa shape index (κ2) is 13.7. The number of fused-ring (bicyclic) bond motifs is 3. The van der Waals surface area contributed by atoms with E-state index in [0.29, 0.717) is 56.7 Å². The number of Topliss-reactive ketones (excluding diaryl/α,β-unsaturated/α-hetero) is 1. The summed E-state index contributed by atoms with van der Waals surface area (Å²) >= 11 is 3.44. The van der Waals surface area contributed by atoms with E-state index in [4.69, 9.17) is 0 Å². The molecule has 1 unspecified atom stereocenters. The largest absolute Gasteiger partial charge is 0.325 e. The van der Waals surface area contributed by atoms with Crippen LogP contribution in [-0.2, 0) is 29.2 Å². The zero-order chi connectivity index (χ0) is 35.2. The van der Waals surface area contributed by atoms with Gasteiger partial charge in [-0.25, -0.2) is 19.3 Å². The number of ketones is 1. The standard InChI is InChI=1S/C37H40BrFN8O3/c1-22(48)33-28-14-25(27-18-40-23(2)41-19-27)13-26(17-39)34(28)46(44-33)20-32(49)47-29-15-37(16-30(37)47)21-45(3)12-8-6-4-5-7-9-24-10-11-31(38)42-35(24)43-36(29)50/h5,7,10-11,13-14,18-19,29-30H,4,6,8-9,12,15-17,20-21H2,1-3H3,(H,42,43,50)/t29-,30?,37-/m0/s1. The summed E-state index contributed by atoms with van der Waals surface area (Å²) in [4.78, 5) is 58.6. The second-order valence-corrected chi connectivity index (χ2v) is 14.7. The van der Waals surface area contributed by atoms with E-state index in [9.17, 15) is 18.8 Å². The van der Waals surface area contributed by atoms with Crippen molar-refractivity contribution in [1.82, 2.24) is 34.5 Å². The first-order chi connectivity index (χ1) is 24.1. The van der Waals surface area contributed by atoms with E-state index in [-0.39, 0.29) is 41.3 Å². The quantitative estimate of drug-likeness (QED) is 0.154. The highest BCUT2D eigenvalue weighted by Gasteiger charge is 2.67. The maximum absolute atomic E-state index is 14.7. The number of likely N-dealkylation sites (tertiary alicyclic amines) is 1. The van der Waals surface area contributed by atoms with Gasteiger partial charge in [-0.2, -0.15) is 5.10 Å². The van der Waals surface area contributed by atoms with Crippen molar-refractivity contribution in [2.24, 2.45) is 5.41 Å². The van der Waals surface area contributed by atoms with Crippen LogP contribution in [-0.4, -0.2) is 84.4 Å². The molecule has 2 bridgehead atoms. The first kappa shape index (κ1) is 34.1. The number of pyridine rings is 1. The minimum absolute atomic E-state index is 0.122. The van der Waals surface area contributed by atoms with Crippen LogP contribution in [0.5, 0.6) is 0 Å². The van der Waals surface area contributed by atoms with Gasteiger partial charge in [0.2, 0.25) is 11.8 Å². The Morgan fingerprint density at radius 1 is 1.10 bits per heavy atom. The van der Waals surface area contributed by atoms with Gasteiger partial charge in [0.05, 0.1) is 5.52 Å². The van der Waals surface area contributed by atoms with Gasteiger partial charge in [-0.15, -0.1) is 0 Å². The van der Waals surface area contributed by atoms with Gasteiger partial charge in [0, 0.05) is 53.8 Å². The van der Waals surface area contributed by atoms with E-state index in [1.54, 1.807) is 36.4 Å². The number of hydrogen-bond acceptors (Lipinski definition) is 8. The Hall–Kier alpha value is -4.36. The lowest BCUT2D eigenvalue weighted by atomic mass is 9.98. The number of piperidine rings is 1. The number of carbonyl (C=O) groups excluding carboxylic acids is 3. The van der Waals surface area contributed by atoms with E-state index in [2.05, 4.69) is 65.4 Å². The molecule has 2 aliphatic heterocycles. The molecule has 11 nitrogen and oxygen atoms in total. The predicted molar refractivity (Wildman–Crippen MR) is 191 cm³/mol. The van der Waals surface area contributed by atoms with Crippen molar-refractivity contribution < 1.29 is 18.8 Å². The highest BCUT2D eigenvalue weighted by Crippen LogP contribution is 2.60. The number of anilines is 1. The summed E-state index contributed by atoms with van der Waals surface area (Å²) < 4.78 is 16.8. The number of nitrogens with zero attached hydrogens (tertiary/aromatic N) is 7. The van der Waals surface area contributed by atoms with Gasteiger partial charge in [-0.3, -0.25) is 19.1 Å². The van der Waals surface area contributed by atoms with Crippen LogP contribution < -0.4 is 5.32 Å². The SMILES string of the molecule is CC(=O)c1nn(CC(=O)N2C3C[C@]34C[C@H]2C(=O)Nc2nc(Br)ccc2CC=CCCCCN(C)C4)c2c(CF)cc(-c3cnc(C)nc3)cc12. The Labute approximate surface area is 298 Å². The van der Waals surface area contributed by atoms with Crippen molar-refractivity contribution >= 4 is 50.2 Å². The van der Waals surface area contributed by atoms with Crippen LogP contribution >= 0.6 is 15.9 Å². The summed E-state index contributed by atoms with van der Waals surface area (Å²) in [5.41, 5.74) is 2.82. The molecule has 3 atom stereocenters. The number of halogens is 2. The smallest absolute Gasteiger partial charge is 0.248 e. The fraction of sp³-hybridized carbons (Fsp3) is 0.432. The average Bonchev–Trinajstić information content (AvgIpc) is 3.47. The normalized spacial score (nSPS) is 22.7. The van der Waals surface area contributed by atoms with Crippen LogP contribution in [0.4, 0.5) is 10.2 Å². The van der Waals surface area contributed by atoms with Gasteiger partial charge in [0.25, 0.3) is 0 Å². The van der Waals surface area contributed by atoms with Crippen molar-refractivity contribution in [2.45, 2.75) is 77.7 Å². The first-order valence-corrected chi connectivity index (χ1v) is 17.9. The van der Waals surface area contributed by atoms with Crippen molar-refractivity contribution in [3.63, 3.8) is 0 Å². The van der Waals surface area contributed by atoms with Gasteiger partial charge in [0.15, 0.2) is 5.78 Å². The molecular weight excluding hydrogens is 703 g/mol. The molecule has 1 aromatic carbocycles. The van der Waals surface area contributed by atoms with Gasteiger partial charge in [0.1, 0.15) is 41.2 Å². The second-order valence-electron chi connectivity index (χ2n) is 13.9. The third-order valence-electron chi connectivity index (χ3n) is 10.2. The average molecular weight is 744 g/mol. The summed E-state index contributed by atoms with van der Waals surface area (Å²) in [7, 11) is 2.11. The Balaban J connectivity index is 1.24. The molecule has 3 aromatic heterocycles. The van der Waals surface area contributed by atoms with Gasteiger partial charge < -0.3 is 15.1 Å². The molecule has 5 heterocycles. The topological polar surface area (TPSA) is 126 Å². The zero-order valence-corrected chi connectivity index (χ0v) is 30.0. The summed E-state index contributed by atoms with van der Waals surface area (Å²) in [6.07, 6.45) is 12.7. The first-order valence-electron chi connectivity index (χ1n) is 17.1. The molecule has 0 radical (unpaired) electrons. The Kier molecular flexibility index (Phi) is 9.38. The number of nitrogens with one attached hydrogen (secondary N) is 1. The number of allylic oxidation sites excluding steroid dienone is 2. The lowest BCUT2D eigenvalue weighted by Gasteiger charge is -2.27. The summed E-state index contributed by atoms with van der Waals surface area (Å²) in [6.45, 7) is 3.81. The molecule has 260 valence electrons. The van der Waals surface area contributed by atoms with Crippen LogP contribution in [0.1, 0.15) is 66.5 Å². The Bertz CT molecular complexity index is 2010. The summed E-state index contributed by atoms with van der Waals surface area (Å²) in [5.74, 6) is 0.168. The number of alkyl halides is 1. The fourth-order valence-electron chi connectivity index (χ4n) is 7.77. The highest BCUT2D eigenvalue weighted by molar-refractivity contribution is 9.10. The monoisotopic (exact) mass is 742 g/mol. The van der Waals surface area contributed by atoms with Gasteiger partial charge in [-0.1, -0.05) is 18.2 Å². The molecule has 1 spiro atoms. The highest BCUT2D eigenvalue weighted by atomic mass is 79.9. The van der Waals surface area contributed by atoms with Gasteiger partial charge >= 0.3 is 0 Å². The van der Waals surface area contributed by atoms with Crippen molar-refractivity contribution in [2.75, 3.05) is 25.5 Å². The fourth-order valence-corrected chi connectivity index (χ4v) is 8.07. The predicted octanol–water partition coefficient (Wildman–Crippen LogP) is 5.84. The molecule has 1 N–H and O–H groups in total. The number of amides is 2. The number of benzene rings is 1. The maximum Gasteiger partial charge on any atom is 0.248 e. The molecule has 13 heteroatoms. The zero-order valence-electron chi connectivity index (χ0n) is 28.5. The molecule has 3 aliphatic rings. The number of hydrogen-bond donors (Lipinski definition) is 1. The molecule has 1 aliphatic carbocycles. The van der Waals surface area contributed by atoms with Crippen molar-refractivity contribution in [1.29, 1.82) is 0 Å². The van der Waals surface area contributed by atoms with Crippen molar-refractivity contribution in [3.8, 4) is 11.1 Å². The molecule has 1 saturated heterocycles. The minimum Gasteiger partial charge on any atom is -0.325 e. The van der Waals surface area contributed by atoms with E-state index in [0.717, 1.165) is 44.3 Å². The number of carbonyl (C=O) groups is 3. The van der Waals surface area contributed by atoms with Crippen LogP contribution in [0, 0.1) is 12.3 Å². The molecule has 4 aromatic rings. The number of aryl methyl sites for hydroxylation is 1. The van der Waals surface area contributed by atoms with Crippen LogP contribution in [0.25, 0.3) is 22.0 Å². The maximum atomic E-state index is 14.7. The summed E-state index contributed by atoms with van der Waals surface area (Å²) in [6, 6.07) is 6.41. The van der Waals surface area contributed by atoms with E-state index in [1.165, 1.54) is 11.6 Å². The lowest BCUT2D eigenvalue weighted by Crippen LogP contribution is -2.47. The van der Waals surface area contributed by atoms with E-state index in [1.807, 2.05) is 12.1 Å². The lowest BCUT2D eigenvalue weighted by molar-refractivity contribution is -0.138. The number of rotatable bonds is 5. The van der Waals surface area contributed by atoms with Crippen molar-refractivity contribution in [3.05, 3.63) is 76.1 Å². The Morgan fingerprint density at radius 2 is 1.90 bits per heavy atom. The summed E-state index contributed by atoms with van der Waals surface area (Å²) in [5, 5.41) is 8.08. The van der Waals surface area contributed by atoms with E-state index < -0.39 is 12.7 Å². The number of aromatic nitrogens is 5. The van der Waals surface area contributed by atoms with Crippen LogP contribution in [0.15, 0.2) is 53.4 Å². The molecule has 7 rings (SSSR count). The molecule has 1 saturated carbocycles. The molecule has 2 fully saturated rings. The van der Waals surface area contributed by atoms with Crippen LogP contribution in [0.2, 0.25) is 0 Å². The van der Waals surface area contributed by atoms with Gasteiger partial charge in [-0.05, 0) is 104 Å². The minimum atomic E-state index is -0.835. The molecule has 50 heavy (non-hydrogen) atoms. The molecular formula is C37H40BrFN8O3. The third kappa shape index (κ3) is 6.60. The van der Waals surface area contributed by atoms with E-state index >= 15 is 0 Å². The third-order valence-corrected chi connectivity index (χ3v) is 10.7. The Morgan fingerprint density at radius 3 is 2.66 bits per heavy atom.